The Morgan fingerprint density at radius 1 is 1.14 bits per heavy atom. The Labute approximate surface area is 126 Å². The molecule has 2 rings (SSSR count). The van der Waals surface area contributed by atoms with Crippen molar-refractivity contribution in [2.75, 3.05) is 6.54 Å². The number of carboxylic acids is 1. The Hall–Kier alpha value is -2.34. The Kier molecular flexibility index (Phi) is 5.34. The maximum atomic E-state index is 11.7. The summed E-state index contributed by atoms with van der Waals surface area (Å²) in [6, 6.07) is 10.4. The van der Waals surface area contributed by atoms with E-state index in [4.69, 9.17) is 0 Å². The summed E-state index contributed by atoms with van der Waals surface area (Å²) in [5.41, 5.74) is 1.69. The van der Waals surface area contributed by atoms with Crippen molar-refractivity contribution in [3.8, 4) is 0 Å². The van der Waals surface area contributed by atoms with Crippen molar-refractivity contribution in [2.24, 2.45) is 0 Å². The molecular weight excluding hydrogens is 288 g/mol. The minimum atomic E-state index is -0.959. The zero-order valence-electron chi connectivity index (χ0n) is 11.3. The molecule has 0 radical (unpaired) electrons. The van der Waals surface area contributed by atoms with Crippen molar-refractivity contribution < 1.29 is 14.7 Å². The second-order valence-corrected chi connectivity index (χ2v) is 5.28. The number of benzene rings is 1. The molecule has 2 aromatic rings. The summed E-state index contributed by atoms with van der Waals surface area (Å²) in [6.45, 7) is 0.479. The maximum Gasteiger partial charge on any atom is 0.315 e. The Morgan fingerprint density at radius 2 is 1.90 bits per heavy atom. The SMILES string of the molecule is O=C(NCc1ccsc1)NCC(C(=O)O)c1ccccc1. The monoisotopic (exact) mass is 304 g/mol. The minimum Gasteiger partial charge on any atom is -0.481 e. The van der Waals surface area contributed by atoms with E-state index < -0.39 is 11.9 Å². The molecule has 1 atom stereocenters. The Morgan fingerprint density at radius 3 is 2.52 bits per heavy atom. The molecule has 110 valence electrons. The van der Waals surface area contributed by atoms with Gasteiger partial charge in [0.2, 0.25) is 0 Å². The molecule has 0 aliphatic heterocycles. The summed E-state index contributed by atoms with van der Waals surface area (Å²) in [6.07, 6.45) is 0. The van der Waals surface area contributed by atoms with Crippen LogP contribution in [0.1, 0.15) is 17.0 Å². The lowest BCUT2D eigenvalue weighted by atomic mass is 9.99. The lowest BCUT2D eigenvalue weighted by Gasteiger charge is -2.14. The van der Waals surface area contributed by atoms with E-state index in [0.29, 0.717) is 12.1 Å². The van der Waals surface area contributed by atoms with Gasteiger partial charge in [-0.2, -0.15) is 11.3 Å². The number of aliphatic carboxylic acids is 1. The zero-order valence-corrected chi connectivity index (χ0v) is 12.1. The Bertz CT molecular complexity index is 584. The van der Waals surface area contributed by atoms with Gasteiger partial charge >= 0.3 is 12.0 Å². The van der Waals surface area contributed by atoms with Crippen LogP contribution in [-0.2, 0) is 11.3 Å². The highest BCUT2D eigenvalue weighted by Crippen LogP contribution is 2.14. The third-order valence-electron chi connectivity index (χ3n) is 3.00. The van der Waals surface area contributed by atoms with Crippen LogP contribution in [0.15, 0.2) is 47.2 Å². The number of thiophene rings is 1. The maximum absolute atomic E-state index is 11.7. The quantitative estimate of drug-likeness (QED) is 0.767. The van der Waals surface area contributed by atoms with Crippen LogP contribution in [0, 0.1) is 0 Å². The molecule has 0 fully saturated rings. The van der Waals surface area contributed by atoms with Gasteiger partial charge in [-0.1, -0.05) is 30.3 Å². The van der Waals surface area contributed by atoms with Gasteiger partial charge in [-0.25, -0.2) is 4.79 Å². The van der Waals surface area contributed by atoms with Gasteiger partial charge in [0.1, 0.15) is 0 Å². The van der Waals surface area contributed by atoms with E-state index in [-0.39, 0.29) is 12.6 Å². The first-order valence-corrected chi connectivity index (χ1v) is 7.41. The third kappa shape index (κ3) is 4.61. The van der Waals surface area contributed by atoms with Crippen LogP contribution in [0.5, 0.6) is 0 Å². The first-order valence-electron chi connectivity index (χ1n) is 6.47. The molecule has 0 bridgehead atoms. The number of hydrogen-bond donors (Lipinski definition) is 3. The average Bonchev–Trinajstić information content (AvgIpc) is 2.99. The van der Waals surface area contributed by atoms with Crippen LogP contribution < -0.4 is 10.6 Å². The molecule has 0 aliphatic carbocycles. The normalized spacial score (nSPS) is 11.6. The van der Waals surface area contributed by atoms with E-state index in [1.54, 1.807) is 35.6 Å². The van der Waals surface area contributed by atoms with Gasteiger partial charge < -0.3 is 15.7 Å². The molecule has 21 heavy (non-hydrogen) atoms. The van der Waals surface area contributed by atoms with Crippen molar-refractivity contribution in [3.63, 3.8) is 0 Å². The second-order valence-electron chi connectivity index (χ2n) is 4.50. The zero-order chi connectivity index (χ0) is 15.1. The smallest absolute Gasteiger partial charge is 0.315 e. The van der Waals surface area contributed by atoms with Gasteiger partial charge in [-0.3, -0.25) is 4.79 Å². The fraction of sp³-hybridized carbons (Fsp3) is 0.200. The first kappa shape index (κ1) is 15.1. The van der Waals surface area contributed by atoms with Crippen molar-refractivity contribution in [3.05, 3.63) is 58.3 Å². The van der Waals surface area contributed by atoms with Crippen LogP contribution in [0.2, 0.25) is 0 Å². The molecular formula is C15H16N2O3S. The van der Waals surface area contributed by atoms with Crippen LogP contribution in [-0.4, -0.2) is 23.7 Å². The summed E-state index contributed by atoms with van der Waals surface area (Å²) in [4.78, 5) is 23.0. The molecule has 1 unspecified atom stereocenters. The highest BCUT2D eigenvalue weighted by Gasteiger charge is 2.20. The fourth-order valence-electron chi connectivity index (χ4n) is 1.87. The second kappa shape index (κ2) is 7.44. The summed E-state index contributed by atoms with van der Waals surface area (Å²) < 4.78 is 0. The number of amides is 2. The van der Waals surface area contributed by atoms with E-state index in [1.165, 1.54) is 0 Å². The summed E-state index contributed by atoms with van der Waals surface area (Å²) in [7, 11) is 0. The van der Waals surface area contributed by atoms with E-state index >= 15 is 0 Å². The number of rotatable bonds is 6. The predicted octanol–water partition coefficient (Wildman–Crippen LogP) is 2.42. The van der Waals surface area contributed by atoms with Crippen LogP contribution >= 0.6 is 11.3 Å². The summed E-state index contributed by atoms with van der Waals surface area (Å²) in [5.74, 6) is -1.71. The van der Waals surface area contributed by atoms with Crippen LogP contribution in [0.4, 0.5) is 4.79 Å². The van der Waals surface area contributed by atoms with Crippen molar-refractivity contribution >= 4 is 23.3 Å². The van der Waals surface area contributed by atoms with E-state index in [0.717, 1.165) is 5.56 Å². The summed E-state index contributed by atoms with van der Waals surface area (Å²) in [5, 5.41) is 18.4. The van der Waals surface area contributed by atoms with Gasteiger partial charge in [0, 0.05) is 13.1 Å². The molecule has 1 aromatic carbocycles. The largest absolute Gasteiger partial charge is 0.481 e. The molecule has 3 N–H and O–H groups in total. The molecule has 0 aliphatic rings. The molecule has 2 amide bonds. The van der Waals surface area contributed by atoms with Gasteiger partial charge in [0.05, 0.1) is 5.92 Å². The van der Waals surface area contributed by atoms with Crippen LogP contribution in [0.3, 0.4) is 0 Å². The van der Waals surface area contributed by atoms with Gasteiger partial charge in [-0.15, -0.1) is 0 Å². The molecule has 0 saturated heterocycles. The highest BCUT2D eigenvalue weighted by atomic mass is 32.1. The standard InChI is InChI=1S/C15H16N2O3S/c18-14(19)13(12-4-2-1-3-5-12)9-17-15(20)16-8-11-6-7-21-10-11/h1-7,10,13H,8-9H2,(H,18,19)(H2,16,17,20). The minimum absolute atomic E-state index is 0.0504. The predicted molar refractivity (Wildman–Crippen MR) is 81.4 cm³/mol. The topological polar surface area (TPSA) is 78.4 Å². The van der Waals surface area contributed by atoms with E-state index in [2.05, 4.69) is 10.6 Å². The first-order chi connectivity index (χ1) is 10.2. The number of carbonyl (C=O) groups excluding carboxylic acids is 1. The molecule has 5 nitrogen and oxygen atoms in total. The number of carbonyl (C=O) groups is 2. The lowest BCUT2D eigenvalue weighted by Crippen LogP contribution is -2.38. The van der Waals surface area contributed by atoms with E-state index in [9.17, 15) is 14.7 Å². The van der Waals surface area contributed by atoms with Gasteiger partial charge in [0.15, 0.2) is 0 Å². The molecule has 0 spiro atoms. The van der Waals surface area contributed by atoms with Crippen molar-refractivity contribution in [1.29, 1.82) is 0 Å². The van der Waals surface area contributed by atoms with Crippen LogP contribution in [0.25, 0.3) is 0 Å². The third-order valence-corrected chi connectivity index (χ3v) is 3.73. The summed E-state index contributed by atoms with van der Waals surface area (Å²) >= 11 is 1.56. The van der Waals surface area contributed by atoms with Crippen molar-refractivity contribution in [2.45, 2.75) is 12.5 Å². The van der Waals surface area contributed by atoms with Crippen molar-refractivity contribution in [1.82, 2.24) is 10.6 Å². The lowest BCUT2D eigenvalue weighted by molar-refractivity contribution is -0.138. The van der Waals surface area contributed by atoms with Gasteiger partial charge in [0.25, 0.3) is 0 Å². The number of urea groups is 1. The van der Waals surface area contributed by atoms with Gasteiger partial charge in [-0.05, 0) is 28.0 Å². The molecule has 6 heteroatoms. The number of carboxylic acid groups (broad SMARTS) is 1. The fourth-order valence-corrected chi connectivity index (χ4v) is 2.53. The number of nitrogens with one attached hydrogen (secondary N) is 2. The molecule has 1 aromatic heterocycles. The van der Waals surface area contributed by atoms with E-state index in [1.807, 2.05) is 22.9 Å². The molecule has 1 heterocycles. The Balaban J connectivity index is 1.84. The molecule has 0 saturated carbocycles. The average molecular weight is 304 g/mol. The highest BCUT2D eigenvalue weighted by molar-refractivity contribution is 7.07. The number of hydrogen-bond acceptors (Lipinski definition) is 3.